The summed E-state index contributed by atoms with van der Waals surface area (Å²) in [6.45, 7) is 3.17. The second kappa shape index (κ2) is 5.94. The summed E-state index contributed by atoms with van der Waals surface area (Å²) in [5.74, 6) is 0. The van der Waals surface area contributed by atoms with Gasteiger partial charge in [-0.3, -0.25) is 0 Å². The first kappa shape index (κ1) is 12.3. The van der Waals surface area contributed by atoms with E-state index in [1.807, 2.05) is 7.05 Å². The van der Waals surface area contributed by atoms with Gasteiger partial charge in [0.15, 0.2) is 0 Å². The summed E-state index contributed by atoms with van der Waals surface area (Å²) >= 11 is 1.76. The molecule has 0 fully saturated rings. The number of hydrogen-bond donors (Lipinski definition) is 1. The summed E-state index contributed by atoms with van der Waals surface area (Å²) in [4.78, 5) is 4.68. The van der Waals surface area contributed by atoms with Crippen molar-refractivity contribution in [1.29, 1.82) is 0 Å². The van der Waals surface area contributed by atoms with Gasteiger partial charge in [-0.05, 0) is 33.0 Å². The Labute approximate surface area is 107 Å². The molecule has 1 aromatic carbocycles. The Kier molecular flexibility index (Phi) is 4.29. The highest BCUT2D eigenvalue weighted by molar-refractivity contribution is 7.09. The fourth-order valence-electron chi connectivity index (χ4n) is 1.78. The van der Waals surface area contributed by atoms with Crippen molar-refractivity contribution in [3.63, 3.8) is 0 Å². The Morgan fingerprint density at radius 3 is 3.00 bits per heavy atom. The number of benzene rings is 1. The molecule has 0 amide bonds. The average molecular weight is 246 g/mol. The van der Waals surface area contributed by atoms with Gasteiger partial charge in [0.05, 0.1) is 10.7 Å². The minimum atomic E-state index is 1.05. The molecule has 0 aliphatic heterocycles. The van der Waals surface area contributed by atoms with E-state index in [9.17, 15) is 0 Å². The molecule has 0 atom stereocenters. The van der Waals surface area contributed by atoms with Crippen molar-refractivity contribution in [2.24, 2.45) is 0 Å². The smallest absolute Gasteiger partial charge is 0.0933 e. The third kappa shape index (κ3) is 3.38. The Balaban J connectivity index is 2.07. The number of thiazole rings is 1. The zero-order chi connectivity index (χ0) is 12.1. The zero-order valence-corrected chi connectivity index (χ0v) is 11.2. The van der Waals surface area contributed by atoms with Crippen LogP contribution in [0.5, 0.6) is 0 Å². The second-order valence-electron chi connectivity index (χ2n) is 4.20. The summed E-state index contributed by atoms with van der Waals surface area (Å²) in [5, 5.41) is 6.55. The van der Waals surface area contributed by atoms with E-state index in [4.69, 9.17) is 0 Å². The van der Waals surface area contributed by atoms with Crippen LogP contribution in [0.25, 0.3) is 11.3 Å². The van der Waals surface area contributed by atoms with Crippen molar-refractivity contribution in [2.75, 3.05) is 13.6 Å². The van der Waals surface area contributed by atoms with E-state index in [1.54, 1.807) is 11.3 Å². The number of nitrogens with zero attached hydrogens (tertiary/aromatic N) is 1. The van der Waals surface area contributed by atoms with Crippen LogP contribution in [-0.4, -0.2) is 18.6 Å². The van der Waals surface area contributed by atoms with Crippen molar-refractivity contribution >= 4 is 11.3 Å². The first-order valence-electron chi connectivity index (χ1n) is 5.95. The molecule has 0 saturated carbocycles. The van der Waals surface area contributed by atoms with Crippen LogP contribution in [0.2, 0.25) is 0 Å². The summed E-state index contributed by atoms with van der Waals surface area (Å²) in [5.41, 5.74) is 3.62. The lowest BCUT2D eigenvalue weighted by atomic mass is 10.1. The molecular weight excluding hydrogens is 228 g/mol. The van der Waals surface area contributed by atoms with Crippen LogP contribution in [0.3, 0.4) is 0 Å². The Morgan fingerprint density at radius 2 is 2.24 bits per heavy atom. The zero-order valence-electron chi connectivity index (χ0n) is 10.4. The molecule has 0 radical (unpaired) electrons. The normalized spacial score (nSPS) is 10.7. The summed E-state index contributed by atoms with van der Waals surface area (Å²) in [6, 6.07) is 8.51. The maximum absolute atomic E-state index is 4.68. The molecule has 0 saturated heterocycles. The number of nitrogens with one attached hydrogen (secondary N) is 1. The number of rotatable bonds is 5. The quantitative estimate of drug-likeness (QED) is 0.819. The highest BCUT2D eigenvalue weighted by Crippen LogP contribution is 2.23. The van der Waals surface area contributed by atoms with Gasteiger partial charge in [0.25, 0.3) is 0 Å². The van der Waals surface area contributed by atoms with Crippen LogP contribution in [0.1, 0.15) is 17.0 Å². The van der Waals surface area contributed by atoms with Crippen LogP contribution < -0.4 is 5.32 Å². The number of aryl methyl sites for hydroxylation is 2. The molecule has 1 aromatic heterocycles. The summed E-state index contributed by atoms with van der Waals surface area (Å²) in [7, 11) is 1.99. The van der Waals surface area contributed by atoms with Gasteiger partial charge in [0, 0.05) is 17.4 Å². The van der Waals surface area contributed by atoms with E-state index in [-0.39, 0.29) is 0 Å². The molecule has 1 N–H and O–H groups in total. The first-order valence-corrected chi connectivity index (χ1v) is 6.83. The van der Waals surface area contributed by atoms with Gasteiger partial charge in [-0.2, -0.15) is 0 Å². The molecule has 0 bridgehead atoms. The molecule has 17 heavy (non-hydrogen) atoms. The van der Waals surface area contributed by atoms with E-state index >= 15 is 0 Å². The van der Waals surface area contributed by atoms with E-state index in [2.05, 4.69) is 46.9 Å². The predicted octanol–water partition coefficient (Wildman–Crippen LogP) is 3.27. The largest absolute Gasteiger partial charge is 0.320 e. The van der Waals surface area contributed by atoms with Gasteiger partial charge >= 0.3 is 0 Å². The van der Waals surface area contributed by atoms with Gasteiger partial charge < -0.3 is 5.32 Å². The molecule has 2 rings (SSSR count). The minimum absolute atomic E-state index is 1.05. The van der Waals surface area contributed by atoms with Gasteiger partial charge in [0.2, 0.25) is 0 Å². The Morgan fingerprint density at radius 1 is 1.35 bits per heavy atom. The molecule has 90 valence electrons. The fourth-order valence-corrected chi connectivity index (χ4v) is 2.63. The standard InChI is InChI=1S/C14H18N2S/c1-11-5-3-6-12(9-11)13-10-17-14(16-13)7-4-8-15-2/h3,5-6,9-10,15H,4,7-8H2,1-2H3. The lowest BCUT2D eigenvalue weighted by Crippen LogP contribution is -2.08. The average Bonchev–Trinajstić information content (AvgIpc) is 2.78. The van der Waals surface area contributed by atoms with E-state index in [0.717, 1.165) is 25.1 Å². The topological polar surface area (TPSA) is 24.9 Å². The van der Waals surface area contributed by atoms with Gasteiger partial charge in [-0.15, -0.1) is 11.3 Å². The number of hydrogen-bond acceptors (Lipinski definition) is 3. The minimum Gasteiger partial charge on any atom is -0.320 e. The highest BCUT2D eigenvalue weighted by Gasteiger charge is 2.04. The molecule has 0 aliphatic rings. The lowest BCUT2D eigenvalue weighted by molar-refractivity contribution is 0.722. The Bertz CT molecular complexity index is 477. The van der Waals surface area contributed by atoms with Crippen molar-refractivity contribution in [3.05, 3.63) is 40.2 Å². The third-order valence-electron chi connectivity index (χ3n) is 2.68. The molecule has 0 aliphatic carbocycles. The SMILES string of the molecule is CNCCCc1nc(-c2cccc(C)c2)cs1. The van der Waals surface area contributed by atoms with Crippen LogP contribution in [-0.2, 0) is 6.42 Å². The predicted molar refractivity (Wildman–Crippen MR) is 74.5 cm³/mol. The van der Waals surface area contributed by atoms with Crippen LogP contribution in [0.4, 0.5) is 0 Å². The molecule has 3 heteroatoms. The Hall–Kier alpha value is -1.19. The maximum atomic E-state index is 4.68. The lowest BCUT2D eigenvalue weighted by Gasteiger charge is -1.98. The summed E-state index contributed by atoms with van der Waals surface area (Å²) < 4.78 is 0. The van der Waals surface area contributed by atoms with E-state index < -0.39 is 0 Å². The monoisotopic (exact) mass is 246 g/mol. The van der Waals surface area contributed by atoms with E-state index in [1.165, 1.54) is 16.1 Å². The molecule has 0 unspecified atom stereocenters. The maximum Gasteiger partial charge on any atom is 0.0933 e. The van der Waals surface area contributed by atoms with Crippen molar-refractivity contribution < 1.29 is 0 Å². The van der Waals surface area contributed by atoms with Gasteiger partial charge in [-0.1, -0.05) is 23.8 Å². The van der Waals surface area contributed by atoms with Crippen molar-refractivity contribution in [1.82, 2.24) is 10.3 Å². The number of aromatic nitrogens is 1. The van der Waals surface area contributed by atoms with Crippen molar-refractivity contribution in [3.8, 4) is 11.3 Å². The first-order chi connectivity index (χ1) is 8.29. The third-order valence-corrected chi connectivity index (χ3v) is 3.59. The van der Waals surface area contributed by atoms with Crippen LogP contribution in [0, 0.1) is 6.92 Å². The van der Waals surface area contributed by atoms with Crippen LogP contribution in [0.15, 0.2) is 29.6 Å². The summed E-state index contributed by atoms with van der Waals surface area (Å²) in [6.07, 6.45) is 2.22. The van der Waals surface area contributed by atoms with E-state index in [0.29, 0.717) is 0 Å². The fraction of sp³-hybridized carbons (Fsp3) is 0.357. The molecular formula is C14H18N2S. The van der Waals surface area contributed by atoms with Crippen molar-refractivity contribution in [2.45, 2.75) is 19.8 Å². The second-order valence-corrected chi connectivity index (χ2v) is 5.15. The molecule has 1 heterocycles. The molecule has 2 aromatic rings. The van der Waals surface area contributed by atoms with Gasteiger partial charge in [0.1, 0.15) is 0 Å². The molecule has 0 spiro atoms. The highest BCUT2D eigenvalue weighted by atomic mass is 32.1. The van der Waals surface area contributed by atoms with Crippen LogP contribution >= 0.6 is 11.3 Å². The van der Waals surface area contributed by atoms with Gasteiger partial charge in [-0.25, -0.2) is 4.98 Å². The molecule has 2 nitrogen and oxygen atoms in total.